The number of rotatable bonds is 9. The van der Waals surface area contributed by atoms with Crippen LogP contribution in [0.25, 0.3) is 0 Å². The van der Waals surface area contributed by atoms with Crippen LogP contribution in [-0.2, 0) is 4.79 Å². The van der Waals surface area contributed by atoms with E-state index in [4.69, 9.17) is 10.5 Å². The summed E-state index contributed by atoms with van der Waals surface area (Å²) in [7, 11) is 1.60. The number of primary amides is 1. The molecule has 1 unspecified atom stereocenters. The standard InChI is InChI=1S/C15H24BrN3O2/c1-4-19(5-2)9-8-18-14(15(17)20)12-10-11(21-3)6-7-13(12)16/h6-7,10,14,18H,4-5,8-9H2,1-3H3,(H2,17,20). The van der Waals surface area contributed by atoms with Crippen molar-refractivity contribution in [3.63, 3.8) is 0 Å². The van der Waals surface area contributed by atoms with Crippen LogP contribution in [0.2, 0.25) is 0 Å². The number of ether oxygens (including phenoxy) is 1. The molecule has 6 heteroatoms. The molecule has 1 aromatic rings. The quantitative estimate of drug-likeness (QED) is 0.708. The molecule has 0 bridgehead atoms. The van der Waals surface area contributed by atoms with Gasteiger partial charge in [0.05, 0.1) is 7.11 Å². The summed E-state index contributed by atoms with van der Waals surface area (Å²) in [6.45, 7) is 7.78. The van der Waals surface area contributed by atoms with Gasteiger partial charge in [-0.25, -0.2) is 0 Å². The summed E-state index contributed by atoms with van der Waals surface area (Å²) in [6.07, 6.45) is 0. The van der Waals surface area contributed by atoms with E-state index in [-0.39, 0.29) is 0 Å². The molecule has 5 nitrogen and oxygen atoms in total. The molecule has 0 saturated heterocycles. The number of nitrogens with one attached hydrogen (secondary N) is 1. The van der Waals surface area contributed by atoms with Crippen molar-refractivity contribution in [2.24, 2.45) is 5.73 Å². The minimum absolute atomic E-state index is 0.400. The van der Waals surface area contributed by atoms with Crippen molar-refractivity contribution in [3.05, 3.63) is 28.2 Å². The highest BCUT2D eigenvalue weighted by atomic mass is 79.9. The van der Waals surface area contributed by atoms with Gasteiger partial charge in [-0.2, -0.15) is 0 Å². The molecule has 0 heterocycles. The average molecular weight is 358 g/mol. The molecule has 1 atom stereocenters. The van der Waals surface area contributed by atoms with Gasteiger partial charge in [0.25, 0.3) is 0 Å². The van der Waals surface area contributed by atoms with Crippen LogP contribution in [0, 0.1) is 0 Å². The van der Waals surface area contributed by atoms with Crippen LogP contribution in [0.3, 0.4) is 0 Å². The van der Waals surface area contributed by atoms with Gasteiger partial charge in [0.15, 0.2) is 0 Å². The van der Waals surface area contributed by atoms with E-state index in [9.17, 15) is 4.79 Å². The molecule has 0 fully saturated rings. The van der Waals surface area contributed by atoms with Crippen molar-refractivity contribution in [1.29, 1.82) is 0 Å². The third-order valence-corrected chi connectivity index (χ3v) is 4.19. The molecule has 1 aromatic carbocycles. The zero-order chi connectivity index (χ0) is 15.8. The number of carbonyl (C=O) groups excluding carboxylic acids is 1. The second-order valence-electron chi connectivity index (χ2n) is 4.70. The average Bonchev–Trinajstić information content (AvgIpc) is 2.48. The SMILES string of the molecule is CCN(CC)CCNC(C(N)=O)c1cc(OC)ccc1Br. The van der Waals surface area contributed by atoms with Crippen molar-refractivity contribution in [2.45, 2.75) is 19.9 Å². The first-order valence-electron chi connectivity index (χ1n) is 7.11. The van der Waals surface area contributed by atoms with Gasteiger partial charge in [-0.05, 0) is 36.9 Å². The third kappa shape index (κ3) is 5.30. The molecule has 0 spiro atoms. The number of nitrogens with two attached hydrogens (primary N) is 1. The van der Waals surface area contributed by atoms with E-state index >= 15 is 0 Å². The highest BCUT2D eigenvalue weighted by Crippen LogP contribution is 2.27. The largest absolute Gasteiger partial charge is 0.497 e. The Morgan fingerprint density at radius 2 is 2.10 bits per heavy atom. The van der Waals surface area contributed by atoms with Gasteiger partial charge in [0, 0.05) is 17.6 Å². The van der Waals surface area contributed by atoms with Gasteiger partial charge in [-0.3, -0.25) is 4.79 Å². The second kappa shape index (κ2) is 9.02. The van der Waals surface area contributed by atoms with Gasteiger partial charge >= 0.3 is 0 Å². The minimum atomic E-state index is -0.537. The summed E-state index contributed by atoms with van der Waals surface area (Å²) in [5.41, 5.74) is 6.33. The number of carbonyl (C=O) groups is 1. The summed E-state index contributed by atoms with van der Waals surface area (Å²) in [6, 6.07) is 4.98. The molecule has 118 valence electrons. The number of benzene rings is 1. The van der Waals surface area contributed by atoms with Crippen LogP contribution in [0.5, 0.6) is 5.75 Å². The highest BCUT2D eigenvalue weighted by Gasteiger charge is 2.20. The maximum Gasteiger partial charge on any atom is 0.239 e. The first-order valence-corrected chi connectivity index (χ1v) is 7.91. The molecule has 3 N–H and O–H groups in total. The predicted molar refractivity (Wildman–Crippen MR) is 88.4 cm³/mol. The number of nitrogens with zero attached hydrogens (tertiary/aromatic N) is 1. The lowest BCUT2D eigenvalue weighted by molar-refractivity contribution is -0.120. The molecule has 0 aromatic heterocycles. The van der Waals surface area contributed by atoms with E-state index in [1.54, 1.807) is 7.11 Å². The lowest BCUT2D eigenvalue weighted by atomic mass is 10.1. The number of halogens is 1. The topological polar surface area (TPSA) is 67.6 Å². The summed E-state index contributed by atoms with van der Waals surface area (Å²) in [4.78, 5) is 14.0. The van der Waals surface area contributed by atoms with E-state index in [0.717, 1.165) is 29.7 Å². The molecule has 0 saturated carbocycles. The van der Waals surface area contributed by atoms with Crippen molar-refractivity contribution < 1.29 is 9.53 Å². The van der Waals surface area contributed by atoms with Gasteiger partial charge in [-0.1, -0.05) is 29.8 Å². The highest BCUT2D eigenvalue weighted by molar-refractivity contribution is 9.10. The summed E-state index contributed by atoms with van der Waals surface area (Å²) in [5, 5.41) is 3.22. The van der Waals surface area contributed by atoms with E-state index < -0.39 is 11.9 Å². The Bertz CT molecular complexity index is 464. The first-order chi connectivity index (χ1) is 10.0. The molecule has 0 aliphatic carbocycles. The van der Waals surface area contributed by atoms with E-state index in [0.29, 0.717) is 12.3 Å². The van der Waals surface area contributed by atoms with Gasteiger partial charge in [0.1, 0.15) is 11.8 Å². The van der Waals surface area contributed by atoms with Crippen LogP contribution in [-0.4, -0.2) is 44.1 Å². The fourth-order valence-electron chi connectivity index (χ4n) is 2.14. The number of hydrogen-bond donors (Lipinski definition) is 2. The molecule has 0 aliphatic rings. The molecular weight excluding hydrogens is 334 g/mol. The van der Waals surface area contributed by atoms with Crippen LogP contribution >= 0.6 is 15.9 Å². The first kappa shape index (κ1) is 17.9. The monoisotopic (exact) mass is 357 g/mol. The maximum atomic E-state index is 11.8. The van der Waals surface area contributed by atoms with Gasteiger partial charge in [0.2, 0.25) is 5.91 Å². The third-order valence-electron chi connectivity index (χ3n) is 3.47. The van der Waals surface area contributed by atoms with E-state index in [2.05, 4.69) is 40.0 Å². The number of methoxy groups -OCH3 is 1. The smallest absolute Gasteiger partial charge is 0.239 e. The summed E-state index contributed by atoms with van der Waals surface area (Å²) in [5.74, 6) is 0.300. The van der Waals surface area contributed by atoms with Crippen molar-refractivity contribution in [3.8, 4) is 5.75 Å². The Kier molecular flexibility index (Phi) is 7.71. The van der Waals surface area contributed by atoms with Crippen LogP contribution in [0.4, 0.5) is 0 Å². The second-order valence-corrected chi connectivity index (χ2v) is 5.56. The number of hydrogen-bond acceptors (Lipinski definition) is 4. The van der Waals surface area contributed by atoms with Crippen LogP contribution < -0.4 is 15.8 Å². The Labute approximate surface area is 135 Å². The Hall–Kier alpha value is -1.11. The fraction of sp³-hybridized carbons (Fsp3) is 0.533. The molecular formula is C15H24BrN3O2. The number of amides is 1. The Balaban J connectivity index is 2.80. The zero-order valence-corrected chi connectivity index (χ0v) is 14.4. The summed E-state index contributed by atoms with van der Waals surface area (Å²) >= 11 is 3.46. The lowest BCUT2D eigenvalue weighted by Gasteiger charge is -2.22. The normalized spacial score (nSPS) is 12.4. The van der Waals surface area contributed by atoms with E-state index in [1.165, 1.54) is 0 Å². The minimum Gasteiger partial charge on any atom is -0.497 e. The Morgan fingerprint density at radius 1 is 1.43 bits per heavy atom. The molecule has 21 heavy (non-hydrogen) atoms. The van der Waals surface area contributed by atoms with Crippen molar-refractivity contribution in [1.82, 2.24) is 10.2 Å². The molecule has 0 aliphatic heterocycles. The maximum absolute atomic E-state index is 11.8. The molecule has 0 radical (unpaired) electrons. The predicted octanol–water partition coefficient (Wildman–Crippen LogP) is 1.92. The van der Waals surface area contributed by atoms with Gasteiger partial charge < -0.3 is 20.7 Å². The van der Waals surface area contributed by atoms with Gasteiger partial charge in [-0.15, -0.1) is 0 Å². The van der Waals surface area contributed by atoms with E-state index in [1.807, 2.05) is 18.2 Å². The Morgan fingerprint density at radius 3 is 2.62 bits per heavy atom. The summed E-state index contributed by atoms with van der Waals surface area (Å²) < 4.78 is 6.04. The zero-order valence-electron chi connectivity index (χ0n) is 12.9. The van der Waals surface area contributed by atoms with Crippen molar-refractivity contribution in [2.75, 3.05) is 33.3 Å². The number of likely N-dealkylation sites (N-methyl/N-ethyl adjacent to an activating group) is 1. The van der Waals surface area contributed by atoms with Crippen LogP contribution in [0.1, 0.15) is 25.5 Å². The lowest BCUT2D eigenvalue weighted by Crippen LogP contribution is -2.39. The fourth-order valence-corrected chi connectivity index (χ4v) is 2.62. The molecule has 1 rings (SSSR count). The van der Waals surface area contributed by atoms with Crippen LogP contribution in [0.15, 0.2) is 22.7 Å². The molecule has 1 amide bonds. The van der Waals surface area contributed by atoms with Crippen molar-refractivity contribution >= 4 is 21.8 Å².